The minimum atomic E-state index is -0.296. The Hall–Kier alpha value is -4.32. The van der Waals surface area contributed by atoms with E-state index in [0.717, 1.165) is 50.8 Å². The zero-order chi connectivity index (χ0) is 27.1. The van der Waals surface area contributed by atoms with Crippen LogP contribution in [0.4, 0.5) is 5.82 Å². The molecule has 0 saturated carbocycles. The van der Waals surface area contributed by atoms with Crippen LogP contribution in [0.2, 0.25) is 0 Å². The largest absolute Gasteiger partial charge is 0.455 e. The third-order valence-electron chi connectivity index (χ3n) is 6.87. The number of imidazole rings is 1. The summed E-state index contributed by atoms with van der Waals surface area (Å²) in [6.45, 7) is 2.49. The van der Waals surface area contributed by atoms with Gasteiger partial charge in [-0.3, -0.25) is 14.5 Å². The summed E-state index contributed by atoms with van der Waals surface area (Å²) in [5, 5.41) is 17.7. The fourth-order valence-corrected chi connectivity index (χ4v) is 5.37. The summed E-state index contributed by atoms with van der Waals surface area (Å²) in [6, 6.07) is 13.7. The third kappa shape index (κ3) is 4.50. The first-order valence-electron chi connectivity index (χ1n) is 12.6. The number of hydrogen-bond donors (Lipinski definition) is 2. The van der Waals surface area contributed by atoms with Crippen molar-refractivity contribution in [2.45, 2.75) is 32.7 Å². The molecule has 39 heavy (non-hydrogen) atoms. The number of nitrogens with zero attached hydrogens (tertiary/aromatic N) is 6. The van der Waals surface area contributed by atoms with Gasteiger partial charge in [0, 0.05) is 36.5 Å². The highest BCUT2D eigenvalue weighted by atomic mass is 79.9. The van der Waals surface area contributed by atoms with Gasteiger partial charge in [0.05, 0.1) is 11.0 Å². The molecule has 0 radical (unpaired) electrons. The van der Waals surface area contributed by atoms with Crippen molar-refractivity contribution in [2.24, 2.45) is 0 Å². The molecule has 11 nitrogen and oxygen atoms in total. The molecule has 12 heteroatoms. The molecule has 6 rings (SSSR count). The molecule has 0 unspecified atom stereocenters. The first-order valence-corrected chi connectivity index (χ1v) is 13.4. The van der Waals surface area contributed by atoms with Crippen LogP contribution < -0.4 is 10.2 Å². The van der Waals surface area contributed by atoms with Crippen molar-refractivity contribution >= 4 is 44.5 Å². The van der Waals surface area contributed by atoms with Crippen molar-refractivity contribution in [1.82, 2.24) is 35.5 Å². The molecule has 0 spiro atoms. The minimum Gasteiger partial charge on any atom is -0.455 e. The van der Waals surface area contributed by atoms with E-state index in [1.807, 2.05) is 41.0 Å². The highest BCUT2D eigenvalue weighted by Gasteiger charge is 2.31. The zero-order valence-electron chi connectivity index (χ0n) is 21.4. The molecule has 2 N–H and O–H groups in total. The van der Waals surface area contributed by atoms with Crippen molar-refractivity contribution in [3.05, 3.63) is 64.0 Å². The van der Waals surface area contributed by atoms with Gasteiger partial charge in [0.2, 0.25) is 11.7 Å². The van der Waals surface area contributed by atoms with E-state index in [4.69, 9.17) is 9.40 Å². The van der Waals surface area contributed by atoms with Crippen LogP contribution in [-0.4, -0.2) is 55.6 Å². The Labute approximate surface area is 231 Å². The van der Waals surface area contributed by atoms with Crippen molar-refractivity contribution in [3.63, 3.8) is 0 Å². The van der Waals surface area contributed by atoms with Gasteiger partial charge in [0.25, 0.3) is 5.91 Å². The van der Waals surface area contributed by atoms with Crippen LogP contribution >= 0.6 is 15.9 Å². The summed E-state index contributed by atoms with van der Waals surface area (Å²) < 4.78 is 8.98. The maximum atomic E-state index is 13.0. The molecule has 4 heterocycles. The van der Waals surface area contributed by atoms with Crippen LogP contribution in [0.15, 0.2) is 51.4 Å². The molecule has 0 fully saturated rings. The number of likely N-dealkylation sites (N-methyl/N-ethyl adjacent to an activating group) is 1. The number of anilines is 1. The second kappa shape index (κ2) is 10.1. The number of fused-ring (bicyclic) bond motifs is 2. The van der Waals surface area contributed by atoms with E-state index in [-0.39, 0.29) is 18.4 Å². The smallest absolute Gasteiger partial charge is 0.272 e. The number of amides is 2. The molecule has 2 amide bonds. The van der Waals surface area contributed by atoms with Crippen LogP contribution in [0, 0.1) is 0 Å². The molecular weight excluding hydrogens is 564 g/mol. The van der Waals surface area contributed by atoms with Crippen LogP contribution in [0.1, 0.15) is 41.6 Å². The zero-order valence-corrected chi connectivity index (χ0v) is 22.9. The monoisotopic (exact) mass is 588 g/mol. The Kier molecular flexibility index (Phi) is 6.47. The fraction of sp³-hybridized carbons (Fsp3) is 0.259. The molecule has 3 aromatic heterocycles. The van der Waals surface area contributed by atoms with E-state index in [1.54, 1.807) is 7.05 Å². The number of tetrazole rings is 1. The SMILES string of the molecule is CCCCc1nc2c(n1Cc1ccc3oc(-c4ccc(-c5nn[nH]n5)cc4)c(Br)c3c1)C(=O)NCC(=O)N2C. The predicted molar refractivity (Wildman–Crippen MR) is 148 cm³/mol. The highest BCUT2D eigenvalue weighted by Crippen LogP contribution is 2.39. The van der Waals surface area contributed by atoms with Gasteiger partial charge in [0.1, 0.15) is 17.2 Å². The van der Waals surface area contributed by atoms with Gasteiger partial charge in [-0.1, -0.05) is 43.7 Å². The van der Waals surface area contributed by atoms with Gasteiger partial charge < -0.3 is 14.3 Å². The Morgan fingerprint density at radius 1 is 1.10 bits per heavy atom. The van der Waals surface area contributed by atoms with Gasteiger partial charge in [0.15, 0.2) is 11.5 Å². The van der Waals surface area contributed by atoms with Gasteiger partial charge in [-0.05, 0) is 45.3 Å². The fourth-order valence-electron chi connectivity index (χ4n) is 4.75. The second-order valence-electron chi connectivity index (χ2n) is 9.41. The summed E-state index contributed by atoms with van der Waals surface area (Å²) >= 11 is 3.74. The Balaban J connectivity index is 1.36. The molecule has 0 saturated heterocycles. The van der Waals surface area contributed by atoms with Gasteiger partial charge in [-0.2, -0.15) is 5.21 Å². The number of H-pyrrole nitrogens is 1. The number of rotatable bonds is 7. The first kappa shape index (κ1) is 25.0. The lowest BCUT2D eigenvalue weighted by atomic mass is 10.1. The van der Waals surface area contributed by atoms with E-state index >= 15 is 0 Å². The number of furan rings is 1. The topological polar surface area (TPSA) is 135 Å². The summed E-state index contributed by atoms with van der Waals surface area (Å²) in [5.41, 5.74) is 3.87. The number of aromatic nitrogens is 6. The number of unbranched alkanes of at least 4 members (excludes halogenated alkanes) is 1. The maximum absolute atomic E-state index is 13.0. The van der Waals surface area contributed by atoms with E-state index in [2.05, 4.69) is 54.9 Å². The average molecular weight is 589 g/mol. The van der Waals surface area contributed by atoms with E-state index in [9.17, 15) is 9.59 Å². The van der Waals surface area contributed by atoms with Crippen LogP contribution in [-0.2, 0) is 17.8 Å². The van der Waals surface area contributed by atoms with E-state index < -0.39 is 0 Å². The van der Waals surface area contributed by atoms with Crippen LogP contribution in [0.25, 0.3) is 33.7 Å². The molecule has 0 aliphatic carbocycles. The molecule has 2 aromatic carbocycles. The second-order valence-corrected chi connectivity index (χ2v) is 10.2. The lowest BCUT2D eigenvalue weighted by molar-refractivity contribution is -0.117. The maximum Gasteiger partial charge on any atom is 0.272 e. The Morgan fingerprint density at radius 3 is 2.64 bits per heavy atom. The lowest BCUT2D eigenvalue weighted by Crippen LogP contribution is -2.34. The third-order valence-corrected chi connectivity index (χ3v) is 7.66. The standard InChI is InChI=1S/C27H25BrN8O3/c1-3-4-5-20-30-26-23(27(38)29-13-21(37)35(26)2)36(20)14-15-6-11-19-18(12-15)22(28)24(39-19)16-7-9-17(10-8-16)25-31-33-34-32-25/h6-12H,3-5,13-14H2,1-2H3,(H,29,38)(H,31,32,33,34). The highest BCUT2D eigenvalue weighted by molar-refractivity contribution is 9.10. The number of aryl methyl sites for hydroxylation is 1. The number of halogens is 1. The lowest BCUT2D eigenvalue weighted by Gasteiger charge is -2.12. The number of benzene rings is 2. The summed E-state index contributed by atoms with van der Waals surface area (Å²) in [7, 11) is 1.66. The van der Waals surface area contributed by atoms with Crippen molar-refractivity contribution < 1.29 is 14.0 Å². The molecule has 198 valence electrons. The molecule has 0 bridgehead atoms. The number of carbonyl (C=O) groups excluding carboxylic acids is 2. The predicted octanol–water partition coefficient (Wildman–Crippen LogP) is 4.34. The van der Waals surface area contributed by atoms with Gasteiger partial charge in [-0.15, -0.1) is 10.2 Å². The quantitative estimate of drug-likeness (QED) is 0.289. The minimum absolute atomic E-state index is 0.0528. The normalized spacial score (nSPS) is 13.6. The van der Waals surface area contributed by atoms with Crippen LogP contribution in [0.3, 0.4) is 0 Å². The molecular formula is C27H25BrN8O3. The summed E-state index contributed by atoms with van der Waals surface area (Å²) in [4.78, 5) is 31.7. The van der Waals surface area contributed by atoms with E-state index in [0.29, 0.717) is 36.1 Å². The van der Waals surface area contributed by atoms with Crippen molar-refractivity contribution in [1.29, 1.82) is 0 Å². The average Bonchev–Trinajstić information content (AvgIpc) is 3.67. The number of aromatic amines is 1. The molecule has 1 aliphatic rings. The summed E-state index contributed by atoms with van der Waals surface area (Å²) in [5.74, 6) is 1.92. The molecule has 0 atom stereocenters. The Bertz CT molecular complexity index is 1690. The van der Waals surface area contributed by atoms with Crippen LogP contribution in [0.5, 0.6) is 0 Å². The van der Waals surface area contributed by atoms with E-state index in [1.165, 1.54) is 4.90 Å². The molecule has 5 aromatic rings. The number of nitrogens with one attached hydrogen (secondary N) is 2. The van der Waals surface area contributed by atoms with Crippen molar-refractivity contribution in [2.75, 3.05) is 18.5 Å². The number of carbonyl (C=O) groups is 2. The molecule has 1 aliphatic heterocycles. The number of hydrogen-bond acceptors (Lipinski definition) is 7. The van der Waals surface area contributed by atoms with Gasteiger partial charge >= 0.3 is 0 Å². The summed E-state index contributed by atoms with van der Waals surface area (Å²) in [6.07, 6.45) is 2.63. The van der Waals surface area contributed by atoms with Gasteiger partial charge in [-0.25, -0.2) is 4.98 Å². The van der Waals surface area contributed by atoms with Crippen molar-refractivity contribution in [3.8, 4) is 22.7 Å². The Morgan fingerprint density at radius 2 is 1.90 bits per heavy atom. The first-order chi connectivity index (χ1) is 18.9.